The Morgan fingerprint density at radius 1 is 1.03 bits per heavy atom. The summed E-state index contributed by atoms with van der Waals surface area (Å²) in [6, 6.07) is 2.24. The lowest BCUT2D eigenvalue weighted by molar-refractivity contribution is -0.124. The summed E-state index contributed by atoms with van der Waals surface area (Å²) < 4.78 is 57.2. The van der Waals surface area contributed by atoms with Crippen LogP contribution in [0.5, 0.6) is 0 Å². The number of halogens is 6. The van der Waals surface area contributed by atoms with Crippen LogP contribution in [0.4, 0.5) is 22.4 Å². The third kappa shape index (κ3) is 4.01. The van der Waals surface area contributed by atoms with Gasteiger partial charge in [-0.3, -0.25) is 14.9 Å². The molecule has 0 radical (unpaired) electrons. The van der Waals surface area contributed by atoms with Crippen molar-refractivity contribution in [2.24, 2.45) is 5.73 Å². The number of amides is 3. The number of primary amides is 1. The molecule has 2 aromatic rings. The van der Waals surface area contributed by atoms with Gasteiger partial charge in [-0.1, -0.05) is 47.5 Å². The zero-order valence-electron chi connectivity index (χ0n) is 15.8. The Labute approximate surface area is 188 Å². The second kappa shape index (κ2) is 8.76. The monoisotopic (exact) mass is 486 g/mol. The van der Waals surface area contributed by atoms with E-state index in [9.17, 15) is 31.9 Å². The summed E-state index contributed by atoms with van der Waals surface area (Å²) in [5.41, 5.74) is 1.03. The first kappa shape index (κ1) is 23.5. The molecule has 0 bridgehead atoms. The summed E-state index contributed by atoms with van der Waals surface area (Å²) in [5, 5.41) is 0.0926. The topological polar surface area (TPSA) is 89.3 Å². The van der Waals surface area contributed by atoms with Gasteiger partial charge in [0.1, 0.15) is 22.5 Å². The van der Waals surface area contributed by atoms with E-state index in [1.807, 2.05) is 0 Å². The zero-order valence-corrected chi connectivity index (χ0v) is 17.3. The molecule has 1 aliphatic carbocycles. The highest BCUT2D eigenvalue weighted by Crippen LogP contribution is 2.42. The first-order valence-electron chi connectivity index (χ1n) is 8.81. The van der Waals surface area contributed by atoms with Gasteiger partial charge in [-0.25, -0.2) is 22.4 Å². The summed E-state index contributed by atoms with van der Waals surface area (Å²) in [4.78, 5) is 37.1. The predicted molar refractivity (Wildman–Crippen MR) is 108 cm³/mol. The van der Waals surface area contributed by atoms with Gasteiger partial charge in [0, 0.05) is 11.1 Å². The maximum Gasteiger partial charge on any atom is 0.318 e. The molecule has 166 valence electrons. The molecule has 0 aliphatic heterocycles. The fourth-order valence-corrected chi connectivity index (χ4v) is 3.82. The molecule has 0 fully saturated rings. The molecule has 32 heavy (non-hydrogen) atoms. The van der Waals surface area contributed by atoms with E-state index in [4.69, 9.17) is 28.9 Å². The molecule has 0 spiro atoms. The Kier molecular flexibility index (Phi) is 6.43. The summed E-state index contributed by atoms with van der Waals surface area (Å²) in [6.45, 7) is 0. The van der Waals surface area contributed by atoms with Crippen LogP contribution in [-0.2, 0) is 10.2 Å². The Morgan fingerprint density at radius 2 is 1.66 bits per heavy atom. The summed E-state index contributed by atoms with van der Waals surface area (Å²) >= 11 is 11.4. The van der Waals surface area contributed by atoms with Crippen molar-refractivity contribution in [1.29, 1.82) is 0 Å². The van der Waals surface area contributed by atoms with E-state index in [1.165, 1.54) is 0 Å². The van der Waals surface area contributed by atoms with Crippen LogP contribution in [0, 0.1) is 23.3 Å². The molecule has 3 rings (SSSR count). The molecule has 11 heteroatoms. The average molecular weight is 487 g/mol. The Morgan fingerprint density at radius 3 is 2.25 bits per heavy atom. The smallest absolute Gasteiger partial charge is 0.318 e. The molecule has 1 aliphatic rings. The molecule has 1 atom stereocenters. The van der Waals surface area contributed by atoms with Gasteiger partial charge >= 0.3 is 6.03 Å². The van der Waals surface area contributed by atoms with E-state index in [2.05, 4.69) is 0 Å². The quantitative estimate of drug-likeness (QED) is 0.282. The van der Waals surface area contributed by atoms with Crippen LogP contribution in [0.25, 0.3) is 0 Å². The van der Waals surface area contributed by atoms with E-state index in [0.29, 0.717) is 0 Å². The van der Waals surface area contributed by atoms with Crippen LogP contribution in [0.3, 0.4) is 0 Å². The fraction of sp³-hybridized carbons (Fsp3) is 0.0952. The third-order valence-electron chi connectivity index (χ3n) is 4.85. The van der Waals surface area contributed by atoms with Crippen LogP contribution < -0.4 is 11.1 Å². The number of nitrogens with one attached hydrogen (secondary N) is 1. The van der Waals surface area contributed by atoms with Crippen molar-refractivity contribution >= 4 is 40.9 Å². The number of hydrogen-bond donors (Lipinski definition) is 2. The Balaban J connectivity index is 2.18. The number of Topliss-reactive ketones (excluding diaryl/α,β-unsaturated/α-hetero) is 1. The number of benzene rings is 2. The van der Waals surface area contributed by atoms with Crippen molar-refractivity contribution in [3.8, 4) is 0 Å². The van der Waals surface area contributed by atoms with Crippen LogP contribution in [-0.4, -0.2) is 17.7 Å². The first-order valence-corrected chi connectivity index (χ1v) is 9.56. The van der Waals surface area contributed by atoms with E-state index < -0.39 is 74.0 Å². The van der Waals surface area contributed by atoms with Crippen LogP contribution in [0.15, 0.2) is 48.1 Å². The summed E-state index contributed by atoms with van der Waals surface area (Å²) in [6.07, 6.45) is 2.72. The van der Waals surface area contributed by atoms with Crippen molar-refractivity contribution in [2.75, 3.05) is 0 Å². The van der Waals surface area contributed by atoms with Gasteiger partial charge in [0.25, 0.3) is 0 Å². The largest absolute Gasteiger partial charge is 0.351 e. The van der Waals surface area contributed by atoms with E-state index in [0.717, 1.165) is 42.5 Å². The number of rotatable bonds is 4. The second-order valence-electron chi connectivity index (χ2n) is 6.79. The molecular formula is C21H12Cl2F4N2O3. The third-order valence-corrected chi connectivity index (χ3v) is 5.46. The second-order valence-corrected chi connectivity index (χ2v) is 7.58. The molecule has 5 nitrogen and oxygen atoms in total. The van der Waals surface area contributed by atoms with E-state index in [1.54, 1.807) is 5.32 Å². The predicted octanol–water partition coefficient (Wildman–Crippen LogP) is 4.75. The van der Waals surface area contributed by atoms with Crippen LogP contribution in [0.2, 0.25) is 10.0 Å². The number of carbonyl (C=O) groups is 3. The SMILES string of the molecule is NC(=O)NC(=O)C1(c2cc(Cl)c(F)c(Cl)c2F)C=CC=C(C(=O)c2c(F)cccc2F)C1. The number of nitrogens with two attached hydrogens (primary N) is 1. The molecule has 1 unspecified atom stereocenters. The van der Waals surface area contributed by atoms with Crippen molar-refractivity contribution in [1.82, 2.24) is 5.32 Å². The molecule has 3 amide bonds. The molecule has 0 aromatic heterocycles. The van der Waals surface area contributed by atoms with Gasteiger partial charge < -0.3 is 5.73 Å². The number of imide groups is 1. The molecule has 0 heterocycles. The minimum absolute atomic E-state index is 0.313. The van der Waals surface area contributed by atoms with Crippen LogP contribution >= 0.6 is 23.2 Å². The zero-order chi connectivity index (χ0) is 23.8. The lowest BCUT2D eigenvalue weighted by Gasteiger charge is -2.33. The number of urea groups is 1. The maximum absolute atomic E-state index is 15.0. The van der Waals surface area contributed by atoms with Gasteiger partial charge in [0.05, 0.1) is 16.0 Å². The molecule has 2 aromatic carbocycles. The van der Waals surface area contributed by atoms with Gasteiger partial charge in [-0.05, 0) is 24.6 Å². The van der Waals surface area contributed by atoms with Gasteiger partial charge in [-0.2, -0.15) is 0 Å². The fourth-order valence-electron chi connectivity index (χ4n) is 3.36. The van der Waals surface area contributed by atoms with Crippen molar-refractivity contribution in [3.63, 3.8) is 0 Å². The number of hydrogen-bond acceptors (Lipinski definition) is 3. The Hall–Kier alpha value is -3.17. The van der Waals surface area contributed by atoms with Crippen molar-refractivity contribution in [2.45, 2.75) is 11.8 Å². The van der Waals surface area contributed by atoms with Crippen LogP contribution in [0.1, 0.15) is 22.3 Å². The van der Waals surface area contributed by atoms with E-state index in [-0.39, 0.29) is 5.57 Å². The number of allylic oxidation sites excluding steroid dienone is 3. The number of ketones is 1. The molecular weight excluding hydrogens is 475 g/mol. The van der Waals surface area contributed by atoms with E-state index >= 15 is 0 Å². The first-order chi connectivity index (χ1) is 15.0. The lowest BCUT2D eigenvalue weighted by Crippen LogP contribution is -2.49. The minimum Gasteiger partial charge on any atom is -0.351 e. The minimum atomic E-state index is -2.18. The highest BCUT2D eigenvalue weighted by Gasteiger charge is 2.45. The van der Waals surface area contributed by atoms with Gasteiger partial charge in [-0.15, -0.1) is 0 Å². The normalized spacial score (nSPS) is 17.6. The molecule has 0 saturated heterocycles. The summed E-state index contributed by atoms with van der Waals surface area (Å²) in [7, 11) is 0. The van der Waals surface area contributed by atoms with Crippen molar-refractivity contribution in [3.05, 3.63) is 92.5 Å². The molecule has 3 N–H and O–H groups in total. The molecule has 0 saturated carbocycles. The highest BCUT2D eigenvalue weighted by atomic mass is 35.5. The standard InChI is InChI=1S/C21H12Cl2F4N2O3/c22-11-7-10(16(26)15(23)17(11)27)21(19(31)29-20(28)32)6-2-3-9(8-21)18(30)14-12(24)4-1-5-13(14)25/h1-7H,8H2,(H3,28,29,31,32). The van der Waals surface area contributed by atoms with Gasteiger partial charge in [0.2, 0.25) is 5.91 Å². The van der Waals surface area contributed by atoms with Gasteiger partial charge in [0.15, 0.2) is 11.6 Å². The summed E-state index contributed by atoms with van der Waals surface area (Å²) in [5.74, 6) is -7.32. The lowest BCUT2D eigenvalue weighted by atomic mass is 9.70. The Bertz CT molecular complexity index is 1210. The number of carbonyl (C=O) groups excluding carboxylic acids is 3. The average Bonchev–Trinajstić information content (AvgIpc) is 2.74. The maximum atomic E-state index is 15.0. The highest BCUT2D eigenvalue weighted by molar-refractivity contribution is 6.35. The van der Waals surface area contributed by atoms with Crippen molar-refractivity contribution < 1.29 is 31.9 Å².